The topological polar surface area (TPSA) is 110 Å². The standard InChI is InChI=1S/C13H14N4O3/c1-7-5-11(20-2)16-13(15-7)17-12(19)8-3-4-9(14)10(18)6-8/h3-6,18H,14H2,1-2H3,(H,15,16,17,19). The molecule has 0 aliphatic carbocycles. The molecule has 1 amide bonds. The molecule has 0 atom stereocenters. The number of rotatable bonds is 3. The Morgan fingerprint density at radius 3 is 2.75 bits per heavy atom. The molecule has 1 heterocycles. The van der Waals surface area contributed by atoms with E-state index in [0.29, 0.717) is 11.6 Å². The number of aromatic hydroxyl groups is 1. The molecule has 0 unspecified atom stereocenters. The third-order valence-corrected chi connectivity index (χ3v) is 2.56. The zero-order valence-corrected chi connectivity index (χ0v) is 11.0. The Balaban J connectivity index is 2.23. The van der Waals surface area contributed by atoms with E-state index < -0.39 is 5.91 Å². The minimum atomic E-state index is -0.451. The zero-order valence-electron chi connectivity index (χ0n) is 11.0. The number of benzene rings is 1. The van der Waals surface area contributed by atoms with Crippen molar-refractivity contribution in [3.05, 3.63) is 35.5 Å². The fourth-order valence-electron chi connectivity index (χ4n) is 1.56. The van der Waals surface area contributed by atoms with Gasteiger partial charge in [0.25, 0.3) is 5.91 Å². The number of nitrogens with zero attached hydrogens (tertiary/aromatic N) is 2. The molecule has 1 aromatic carbocycles. The normalized spacial score (nSPS) is 10.1. The maximum atomic E-state index is 12.0. The average Bonchev–Trinajstić information content (AvgIpc) is 2.41. The van der Waals surface area contributed by atoms with Crippen molar-refractivity contribution in [1.82, 2.24) is 9.97 Å². The highest BCUT2D eigenvalue weighted by Gasteiger charge is 2.11. The first kappa shape index (κ1) is 13.6. The van der Waals surface area contributed by atoms with Crippen molar-refractivity contribution >= 4 is 17.5 Å². The number of carbonyl (C=O) groups excluding carboxylic acids is 1. The molecule has 0 spiro atoms. The van der Waals surface area contributed by atoms with Crippen molar-refractivity contribution in [2.45, 2.75) is 6.92 Å². The lowest BCUT2D eigenvalue weighted by Gasteiger charge is -2.07. The number of methoxy groups -OCH3 is 1. The van der Waals surface area contributed by atoms with Gasteiger partial charge in [-0.25, -0.2) is 4.98 Å². The Hall–Kier alpha value is -2.83. The van der Waals surface area contributed by atoms with Gasteiger partial charge in [-0.15, -0.1) is 0 Å². The number of phenolic OH excluding ortho intramolecular Hbond substituents is 1. The highest BCUT2D eigenvalue weighted by molar-refractivity contribution is 6.03. The van der Waals surface area contributed by atoms with E-state index in [4.69, 9.17) is 10.5 Å². The van der Waals surface area contributed by atoms with Crippen LogP contribution in [0.3, 0.4) is 0 Å². The van der Waals surface area contributed by atoms with Crippen LogP contribution >= 0.6 is 0 Å². The molecule has 104 valence electrons. The molecule has 0 aliphatic heterocycles. The van der Waals surface area contributed by atoms with E-state index >= 15 is 0 Å². The monoisotopic (exact) mass is 274 g/mol. The molecule has 2 aromatic rings. The fraction of sp³-hybridized carbons (Fsp3) is 0.154. The first-order chi connectivity index (χ1) is 9.49. The molecule has 7 heteroatoms. The van der Waals surface area contributed by atoms with Crippen LogP contribution in [-0.2, 0) is 0 Å². The smallest absolute Gasteiger partial charge is 0.258 e. The van der Waals surface area contributed by atoms with Crippen LogP contribution in [0.5, 0.6) is 11.6 Å². The van der Waals surface area contributed by atoms with E-state index in [1.807, 2.05) is 0 Å². The van der Waals surface area contributed by atoms with E-state index in [1.165, 1.54) is 25.3 Å². The molecule has 7 nitrogen and oxygen atoms in total. The number of nitrogens with two attached hydrogens (primary N) is 1. The molecule has 20 heavy (non-hydrogen) atoms. The van der Waals surface area contributed by atoms with Gasteiger partial charge in [0.15, 0.2) is 0 Å². The van der Waals surface area contributed by atoms with Gasteiger partial charge in [0, 0.05) is 17.3 Å². The summed E-state index contributed by atoms with van der Waals surface area (Å²) in [6, 6.07) is 5.86. The summed E-state index contributed by atoms with van der Waals surface area (Å²) in [5, 5.41) is 12.0. The van der Waals surface area contributed by atoms with Gasteiger partial charge in [-0.2, -0.15) is 4.98 Å². The molecule has 0 bridgehead atoms. The summed E-state index contributed by atoms with van der Waals surface area (Å²) in [6.45, 7) is 1.76. The van der Waals surface area contributed by atoms with E-state index in [9.17, 15) is 9.90 Å². The molecule has 0 aliphatic rings. The van der Waals surface area contributed by atoms with Crippen LogP contribution in [0.15, 0.2) is 24.3 Å². The number of nitrogen functional groups attached to an aromatic ring is 1. The van der Waals surface area contributed by atoms with Gasteiger partial charge in [0.1, 0.15) is 5.75 Å². The highest BCUT2D eigenvalue weighted by atomic mass is 16.5. The Morgan fingerprint density at radius 1 is 1.35 bits per heavy atom. The molecular formula is C13H14N4O3. The SMILES string of the molecule is COc1cc(C)nc(NC(=O)c2ccc(N)c(O)c2)n1. The maximum Gasteiger partial charge on any atom is 0.258 e. The van der Waals surface area contributed by atoms with Gasteiger partial charge in [-0.05, 0) is 25.1 Å². The van der Waals surface area contributed by atoms with Crippen LogP contribution in [0, 0.1) is 6.92 Å². The third kappa shape index (κ3) is 2.94. The van der Waals surface area contributed by atoms with Crippen LogP contribution in [-0.4, -0.2) is 28.1 Å². The van der Waals surface area contributed by atoms with Gasteiger partial charge in [0.05, 0.1) is 12.8 Å². The number of hydrogen-bond acceptors (Lipinski definition) is 6. The lowest BCUT2D eigenvalue weighted by molar-refractivity contribution is 0.102. The summed E-state index contributed by atoms with van der Waals surface area (Å²) in [5.41, 5.74) is 6.59. The number of nitrogens with one attached hydrogen (secondary N) is 1. The van der Waals surface area contributed by atoms with Crippen LogP contribution in [0.4, 0.5) is 11.6 Å². The number of aryl methyl sites for hydroxylation is 1. The lowest BCUT2D eigenvalue weighted by atomic mass is 10.2. The number of carbonyl (C=O) groups is 1. The number of anilines is 2. The second-order valence-corrected chi connectivity index (χ2v) is 4.10. The van der Waals surface area contributed by atoms with Crippen LogP contribution in [0.2, 0.25) is 0 Å². The highest BCUT2D eigenvalue weighted by Crippen LogP contribution is 2.21. The minimum absolute atomic E-state index is 0.128. The number of hydrogen-bond donors (Lipinski definition) is 3. The van der Waals surface area contributed by atoms with Gasteiger partial charge in [-0.3, -0.25) is 10.1 Å². The molecule has 4 N–H and O–H groups in total. The number of amides is 1. The molecule has 0 fully saturated rings. The van der Waals surface area contributed by atoms with Crippen molar-refractivity contribution in [1.29, 1.82) is 0 Å². The van der Waals surface area contributed by atoms with Crippen LogP contribution < -0.4 is 15.8 Å². The zero-order chi connectivity index (χ0) is 14.7. The van der Waals surface area contributed by atoms with Crippen molar-refractivity contribution in [2.75, 3.05) is 18.2 Å². The van der Waals surface area contributed by atoms with E-state index in [0.717, 1.165) is 0 Å². The number of phenols is 1. The van der Waals surface area contributed by atoms with Gasteiger partial charge < -0.3 is 15.6 Å². The largest absolute Gasteiger partial charge is 0.506 e. The molecular weight excluding hydrogens is 260 g/mol. The molecule has 0 saturated heterocycles. The molecule has 2 rings (SSSR count). The summed E-state index contributed by atoms with van der Waals surface area (Å²) in [7, 11) is 1.48. The van der Waals surface area contributed by atoms with Crippen LogP contribution in [0.1, 0.15) is 16.1 Å². The van der Waals surface area contributed by atoms with Crippen molar-refractivity contribution in [3.63, 3.8) is 0 Å². The summed E-state index contributed by atoms with van der Waals surface area (Å²) < 4.78 is 5.00. The molecule has 0 saturated carbocycles. The molecule has 0 radical (unpaired) electrons. The number of ether oxygens (including phenoxy) is 1. The third-order valence-electron chi connectivity index (χ3n) is 2.56. The Bertz CT molecular complexity index is 658. The van der Waals surface area contributed by atoms with E-state index in [2.05, 4.69) is 15.3 Å². The predicted molar refractivity (Wildman–Crippen MR) is 73.8 cm³/mol. The number of aromatic nitrogens is 2. The second kappa shape index (κ2) is 5.43. The predicted octanol–water partition coefficient (Wildman–Crippen LogP) is 1.33. The summed E-state index contributed by atoms with van der Waals surface area (Å²) in [6.07, 6.45) is 0. The van der Waals surface area contributed by atoms with Gasteiger partial charge in [-0.1, -0.05) is 0 Å². The van der Waals surface area contributed by atoms with E-state index in [-0.39, 0.29) is 22.9 Å². The van der Waals surface area contributed by atoms with Crippen LogP contribution in [0.25, 0.3) is 0 Å². The van der Waals surface area contributed by atoms with E-state index in [1.54, 1.807) is 13.0 Å². The second-order valence-electron chi connectivity index (χ2n) is 4.10. The Kier molecular flexibility index (Phi) is 3.69. The quantitative estimate of drug-likeness (QED) is 0.575. The Morgan fingerprint density at radius 2 is 2.10 bits per heavy atom. The van der Waals surface area contributed by atoms with Crippen molar-refractivity contribution in [3.8, 4) is 11.6 Å². The summed E-state index contributed by atoms with van der Waals surface area (Å²) in [5.74, 6) is -0.121. The summed E-state index contributed by atoms with van der Waals surface area (Å²) >= 11 is 0. The average molecular weight is 274 g/mol. The first-order valence-electron chi connectivity index (χ1n) is 5.79. The van der Waals surface area contributed by atoms with Crippen molar-refractivity contribution < 1.29 is 14.6 Å². The minimum Gasteiger partial charge on any atom is -0.506 e. The first-order valence-corrected chi connectivity index (χ1v) is 5.79. The Labute approximate surface area is 115 Å². The van der Waals surface area contributed by atoms with Gasteiger partial charge in [0.2, 0.25) is 11.8 Å². The lowest BCUT2D eigenvalue weighted by Crippen LogP contribution is -2.14. The fourth-order valence-corrected chi connectivity index (χ4v) is 1.56. The van der Waals surface area contributed by atoms with Gasteiger partial charge >= 0.3 is 0 Å². The summed E-state index contributed by atoms with van der Waals surface area (Å²) in [4.78, 5) is 20.1. The molecule has 1 aromatic heterocycles. The maximum absolute atomic E-state index is 12.0. The van der Waals surface area contributed by atoms with Crippen molar-refractivity contribution in [2.24, 2.45) is 0 Å².